The van der Waals surface area contributed by atoms with Gasteiger partial charge in [-0.25, -0.2) is 0 Å². The molecular weight excluding hydrogens is 524 g/mol. The van der Waals surface area contributed by atoms with Crippen LogP contribution < -0.4 is 9.80 Å². The second kappa shape index (κ2) is 9.37. The Morgan fingerprint density at radius 1 is 0.698 bits per heavy atom. The van der Waals surface area contributed by atoms with Crippen LogP contribution >= 0.6 is 0 Å². The Balaban J connectivity index is 1.40. The summed E-state index contributed by atoms with van der Waals surface area (Å²) >= 11 is 0. The van der Waals surface area contributed by atoms with Crippen molar-refractivity contribution in [2.75, 3.05) is 9.80 Å². The number of furan rings is 1. The molecule has 0 radical (unpaired) electrons. The molecule has 43 heavy (non-hydrogen) atoms. The topological polar surface area (TPSA) is 19.6 Å². The maximum Gasteiger partial charge on any atom is 0.143 e. The summed E-state index contributed by atoms with van der Waals surface area (Å²) in [4.78, 5) is 5.07. The highest BCUT2D eigenvalue weighted by Crippen LogP contribution is 2.59. The second-order valence-electron chi connectivity index (χ2n) is 12.3. The number of rotatable bonds is 4. The van der Waals surface area contributed by atoms with Crippen molar-refractivity contribution in [3.63, 3.8) is 0 Å². The summed E-state index contributed by atoms with van der Waals surface area (Å²) in [5, 5.41) is 2.30. The highest BCUT2D eigenvalue weighted by Gasteiger charge is 2.51. The van der Waals surface area contributed by atoms with Gasteiger partial charge in [0.25, 0.3) is 0 Å². The Morgan fingerprint density at radius 2 is 1.42 bits per heavy atom. The molecule has 0 saturated carbocycles. The lowest BCUT2D eigenvalue weighted by Crippen LogP contribution is -2.50. The van der Waals surface area contributed by atoms with Gasteiger partial charge in [-0.1, -0.05) is 87.2 Å². The molecule has 1 aromatic heterocycles. The molecule has 2 aliphatic heterocycles. The standard InChI is InChI=1S/C40H36N2O/c1-6-40(7-2)27(5)39-41(29-22-25(3)21-26(4)23-29)35-20-19-28(24-36(35)42(39)34-17-10-9-16-33(34)40)30-14-12-15-32-31-13-8-11-18-37(31)43-38(30)32/h8-24,39H,5-7H2,1-4H3. The fourth-order valence-electron chi connectivity index (χ4n) is 7.98. The van der Waals surface area contributed by atoms with E-state index in [1.165, 1.54) is 45.0 Å². The summed E-state index contributed by atoms with van der Waals surface area (Å²) in [7, 11) is 0. The Labute approximate surface area is 253 Å². The lowest BCUT2D eigenvalue weighted by Gasteiger charge is -2.49. The Bertz CT molecular complexity index is 2060. The van der Waals surface area contributed by atoms with E-state index in [2.05, 4.69) is 135 Å². The first-order valence-corrected chi connectivity index (χ1v) is 15.5. The van der Waals surface area contributed by atoms with Crippen molar-refractivity contribution < 1.29 is 4.42 Å². The lowest BCUT2D eigenvalue weighted by molar-refractivity contribution is 0.425. The largest absolute Gasteiger partial charge is 0.455 e. The van der Waals surface area contributed by atoms with Gasteiger partial charge in [-0.05, 0) is 90.9 Å². The number of benzene rings is 5. The van der Waals surface area contributed by atoms with E-state index in [-0.39, 0.29) is 11.6 Å². The quantitative estimate of drug-likeness (QED) is 0.200. The third-order valence-electron chi connectivity index (χ3n) is 10.00. The van der Waals surface area contributed by atoms with Crippen LogP contribution in [0.25, 0.3) is 33.1 Å². The van der Waals surface area contributed by atoms with Crippen LogP contribution in [-0.4, -0.2) is 6.17 Å². The normalized spacial score (nSPS) is 16.9. The Morgan fingerprint density at radius 3 is 2.21 bits per heavy atom. The smallest absolute Gasteiger partial charge is 0.143 e. The predicted octanol–water partition coefficient (Wildman–Crippen LogP) is 11.1. The van der Waals surface area contributed by atoms with Gasteiger partial charge in [0.1, 0.15) is 17.3 Å². The van der Waals surface area contributed by atoms with E-state index in [9.17, 15) is 0 Å². The predicted molar refractivity (Wildman–Crippen MR) is 181 cm³/mol. The number of para-hydroxylation sites is 3. The molecule has 0 amide bonds. The van der Waals surface area contributed by atoms with Crippen molar-refractivity contribution in [3.05, 3.63) is 132 Å². The molecule has 3 heterocycles. The first-order valence-electron chi connectivity index (χ1n) is 15.5. The van der Waals surface area contributed by atoms with Gasteiger partial charge in [0, 0.05) is 33.1 Å². The molecule has 6 aromatic rings. The maximum atomic E-state index is 6.47. The van der Waals surface area contributed by atoms with Gasteiger partial charge in [-0.2, -0.15) is 0 Å². The third kappa shape index (κ3) is 3.54. The molecule has 5 aromatic carbocycles. The molecule has 0 N–H and O–H groups in total. The van der Waals surface area contributed by atoms with E-state index in [0.29, 0.717) is 0 Å². The summed E-state index contributed by atoms with van der Waals surface area (Å²) in [5.74, 6) is 0. The first kappa shape index (κ1) is 25.9. The molecule has 0 saturated heterocycles. The van der Waals surface area contributed by atoms with E-state index in [1.54, 1.807) is 0 Å². The van der Waals surface area contributed by atoms with E-state index in [0.717, 1.165) is 45.9 Å². The molecule has 0 aliphatic carbocycles. The molecular formula is C40H36N2O. The minimum atomic E-state index is -0.0976. The van der Waals surface area contributed by atoms with Crippen LogP contribution in [0, 0.1) is 13.8 Å². The molecule has 0 bridgehead atoms. The van der Waals surface area contributed by atoms with Gasteiger partial charge in [0.05, 0.1) is 11.4 Å². The van der Waals surface area contributed by atoms with Crippen LogP contribution in [0.3, 0.4) is 0 Å². The number of anilines is 4. The molecule has 0 fully saturated rings. The molecule has 1 unspecified atom stereocenters. The Kier molecular flexibility index (Phi) is 5.65. The van der Waals surface area contributed by atoms with E-state index in [1.807, 2.05) is 6.07 Å². The first-order chi connectivity index (χ1) is 20.9. The van der Waals surface area contributed by atoms with Crippen molar-refractivity contribution in [2.24, 2.45) is 0 Å². The molecule has 3 nitrogen and oxygen atoms in total. The lowest BCUT2D eigenvalue weighted by atomic mass is 9.66. The van der Waals surface area contributed by atoms with Crippen molar-refractivity contribution in [2.45, 2.75) is 52.1 Å². The average molecular weight is 561 g/mol. The zero-order chi connectivity index (χ0) is 29.5. The van der Waals surface area contributed by atoms with Gasteiger partial charge < -0.3 is 14.2 Å². The number of fused-ring (bicyclic) bond motifs is 8. The van der Waals surface area contributed by atoms with Gasteiger partial charge in [-0.3, -0.25) is 0 Å². The Hall–Kier alpha value is -4.76. The van der Waals surface area contributed by atoms with Crippen molar-refractivity contribution in [1.82, 2.24) is 0 Å². The summed E-state index contributed by atoms with van der Waals surface area (Å²) in [6, 6.07) is 37.6. The fourth-order valence-corrected chi connectivity index (χ4v) is 7.98. The monoisotopic (exact) mass is 560 g/mol. The average Bonchev–Trinajstić information content (AvgIpc) is 3.57. The highest BCUT2D eigenvalue weighted by molar-refractivity contribution is 6.10. The number of aryl methyl sites for hydroxylation is 2. The van der Waals surface area contributed by atoms with Crippen molar-refractivity contribution >= 4 is 44.7 Å². The zero-order valence-electron chi connectivity index (χ0n) is 25.3. The number of nitrogens with zero attached hydrogens (tertiary/aromatic N) is 2. The maximum absolute atomic E-state index is 6.47. The van der Waals surface area contributed by atoms with Crippen LogP contribution in [0.1, 0.15) is 43.4 Å². The van der Waals surface area contributed by atoms with E-state index < -0.39 is 0 Å². The minimum Gasteiger partial charge on any atom is -0.455 e. The molecule has 212 valence electrons. The minimum absolute atomic E-state index is 0.0248. The SMILES string of the molecule is C=C1C2N(c3cc(C)cc(C)c3)c3ccc(-c4cccc5c4oc4ccccc45)cc3N2c2ccccc2C1(CC)CC. The van der Waals surface area contributed by atoms with E-state index >= 15 is 0 Å². The second-order valence-corrected chi connectivity index (χ2v) is 12.3. The van der Waals surface area contributed by atoms with Crippen molar-refractivity contribution in [1.29, 1.82) is 0 Å². The van der Waals surface area contributed by atoms with Crippen molar-refractivity contribution in [3.8, 4) is 11.1 Å². The number of hydrogen-bond donors (Lipinski definition) is 0. The molecule has 3 heteroatoms. The van der Waals surface area contributed by atoms with E-state index in [4.69, 9.17) is 11.0 Å². The summed E-state index contributed by atoms with van der Waals surface area (Å²) < 4.78 is 6.47. The van der Waals surface area contributed by atoms with Crippen LogP contribution in [0.5, 0.6) is 0 Å². The molecule has 2 aliphatic rings. The summed E-state index contributed by atoms with van der Waals surface area (Å²) in [6.45, 7) is 13.9. The molecule has 0 spiro atoms. The molecule has 8 rings (SSSR count). The summed E-state index contributed by atoms with van der Waals surface area (Å²) in [6.07, 6.45) is 2.00. The van der Waals surface area contributed by atoms with Gasteiger partial charge in [0.2, 0.25) is 0 Å². The third-order valence-corrected chi connectivity index (χ3v) is 10.00. The van der Waals surface area contributed by atoms with Crippen LogP contribution in [0.15, 0.2) is 120 Å². The fraction of sp³-hybridized carbons (Fsp3) is 0.200. The zero-order valence-corrected chi connectivity index (χ0v) is 25.3. The van der Waals surface area contributed by atoms with Gasteiger partial charge in [-0.15, -0.1) is 0 Å². The van der Waals surface area contributed by atoms with Gasteiger partial charge >= 0.3 is 0 Å². The van der Waals surface area contributed by atoms with Crippen LogP contribution in [0.2, 0.25) is 0 Å². The van der Waals surface area contributed by atoms with Crippen LogP contribution in [-0.2, 0) is 5.41 Å². The summed E-state index contributed by atoms with van der Waals surface area (Å²) in [5.41, 5.74) is 14.1. The number of hydrogen-bond acceptors (Lipinski definition) is 3. The highest BCUT2D eigenvalue weighted by atomic mass is 16.3. The molecule has 1 atom stereocenters. The van der Waals surface area contributed by atoms with Crippen LogP contribution in [0.4, 0.5) is 22.7 Å². The van der Waals surface area contributed by atoms with Gasteiger partial charge in [0.15, 0.2) is 0 Å².